The normalized spacial score (nSPS) is 10.1. The second-order valence-corrected chi connectivity index (χ2v) is 5.78. The quantitative estimate of drug-likeness (QED) is 0.626. The molecule has 0 heterocycles. The number of ether oxygens (including phenoxy) is 4. The summed E-state index contributed by atoms with van der Waals surface area (Å²) in [5.41, 5.74) is 0.862. The number of benzene rings is 2. The van der Waals surface area contributed by atoms with E-state index in [0.29, 0.717) is 41.7 Å². The summed E-state index contributed by atoms with van der Waals surface area (Å²) in [4.78, 5) is 24.2. The molecular formula is C21H25NO6. The minimum absolute atomic E-state index is 0.166. The van der Waals surface area contributed by atoms with Gasteiger partial charge in [-0.2, -0.15) is 0 Å². The number of carbonyl (C=O) groups excluding carboxylic acids is 2. The summed E-state index contributed by atoms with van der Waals surface area (Å²) in [6, 6.07) is 10.0. The van der Waals surface area contributed by atoms with Gasteiger partial charge < -0.3 is 24.3 Å². The molecule has 7 heteroatoms. The third kappa shape index (κ3) is 5.64. The fourth-order valence-electron chi connectivity index (χ4n) is 2.51. The van der Waals surface area contributed by atoms with Gasteiger partial charge in [0.15, 0.2) is 12.4 Å². The molecule has 1 amide bonds. The Morgan fingerprint density at radius 2 is 1.61 bits per heavy atom. The summed E-state index contributed by atoms with van der Waals surface area (Å²) in [5, 5.41) is 2.76. The molecule has 2 aromatic carbocycles. The third-order valence-electron chi connectivity index (χ3n) is 3.76. The number of rotatable bonds is 10. The Morgan fingerprint density at radius 3 is 2.25 bits per heavy atom. The first-order valence-electron chi connectivity index (χ1n) is 8.99. The highest BCUT2D eigenvalue weighted by atomic mass is 16.5. The minimum atomic E-state index is -0.396. The molecule has 0 saturated heterocycles. The van der Waals surface area contributed by atoms with E-state index < -0.39 is 5.91 Å². The average molecular weight is 387 g/mol. The monoisotopic (exact) mass is 387 g/mol. The Bertz CT molecular complexity index is 834. The van der Waals surface area contributed by atoms with Crippen molar-refractivity contribution in [1.29, 1.82) is 0 Å². The zero-order chi connectivity index (χ0) is 20.5. The van der Waals surface area contributed by atoms with Crippen LogP contribution < -0.4 is 24.3 Å². The standard InChI is InChI=1S/C21H25NO6/c1-5-26-16-8-10-19(27-6-2)18(11-16)22-21(24)13-28-20-12-15(25-4)7-9-17(20)14(3)23/h7-12H,5-6,13H2,1-4H3,(H,22,24). The molecule has 2 rings (SSSR count). The molecule has 7 nitrogen and oxygen atoms in total. The molecule has 0 bridgehead atoms. The van der Waals surface area contributed by atoms with Gasteiger partial charge in [-0.1, -0.05) is 0 Å². The van der Waals surface area contributed by atoms with E-state index in [4.69, 9.17) is 18.9 Å². The van der Waals surface area contributed by atoms with Crippen LogP contribution in [0.25, 0.3) is 0 Å². The van der Waals surface area contributed by atoms with Gasteiger partial charge in [0.1, 0.15) is 23.0 Å². The van der Waals surface area contributed by atoms with Crippen molar-refractivity contribution in [3.8, 4) is 23.0 Å². The summed E-state index contributed by atoms with van der Waals surface area (Å²) in [6.45, 7) is 5.86. The predicted octanol–water partition coefficient (Wildman–Crippen LogP) is 3.71. The molecule has 0 spiro atoms. The van der Waals surface area contributed by atoms with Crippen molar-refractivity contribution in [3.05, 3.63) is 42.0 Å². The lowest BCUT2D eigenvalue weighted by atomic mass is 10.1. The Hall–Kier alpha value is -3.22. The maximum atomic E-state index is 12.4. The van der Waals surface area contributed by atoms with E-state index in [0.717, 1.165) is 0 Å². The van der Waals surface area contributed by atoms with E-state index in [1.165, 1.54) is 14.0 Å². The molecule has 0 fully saturated rings. The summed E-state index contributed by atoms with van der Waals surface area (Å²) >= 11 is 0. The van der Waals surface area contributed by atoms with Crippen molar-refractivity contribution in [1.82, 2.24) is 0 Å². The number of methoxy groups -OCH3 is 1. The van der Waals surface area contributed by atoms with E-state index in [1.54, 1.807) is 36.4 Å². The SMILES string of the molecule is CCOc1ccc(OCC)c(NC(=O)COc2cc(OC)ccc2C(C)=O)c1. The van der Waals surface area contributed by atoms with Crippen molar-refractivity contribution in [3.63, 3.8) is 0 Å². The second kappa shape index (κ2) is 10.2. The average Bonchev–Trinajstić information content (AvgIpc) is 2.68. The first-order chi connectivity index (χ1) is 13.5. The van der Waals surface area contributed by atoms with E-state index in [1.807, 2.05) is 13.8 Å². The van der Waals surface area contributed by atoms with Gasteiger partial charge in [0, 0.05) is 12.1 Å². The van der Waals surface area contributed by atoms with Crippen LogP contribution in [0.1, 0.15) is 31.1 Å². The maximum Gasteiger partial charge on any atom is 0.262 e. The van der Waals surface area contributed by atoms with Crippen LogP contribution in [-0.4, -0.2) is 38.6 Å². The molecule has 150 valence electrons. The number of hydrogen-bond acceptors (Lipinski definition) is 6. The van der Waals surface area contributed by atoms with Crippen molar-refractivity contribution in [2.45, 2.75) is 20.8 Å². The molecule has 0 radical (unpaired) electrons. The van der Waals surface area contributed by atoms with Crippen LogP contribution in [0.15, 0.2) is 36.4 Å². The van der Waals surface area contributed by atoms with Crippen LogP contribution in [0.4, 0.5) is 5.69 Å². The number of anilines is 1. The molecule has 0 aromatic heterocycles. The Morgan fingerprint density at radius 1 is 0.893 bits per heavy atom. The molecule has 0 unspecified atom stereocenters. The van der Waals surface area contributed by atoms with Gasteiger partial charge in [0.05, 0.1) is 31.6 Å². The number of carbonyl (C=O) groups is 2. The van der Waals surface area contributed by atoms with Crippen molar-refractivity contribution < 1.29 is 28.5 Å². The van der Waals surface area contributed by atoms with Gasteiger partial charge in [-0.25, -0.2) is 0 Å². The topological polar surface area (TPSA) is 83.1 Å². The summed E-state index contributed by atoms with van der Waals surface area (Å²) in [5.74, 6) is 1.41. The zero-order valence-corrected chi connectivity index (χ0v) is 16.5. The number of hydrogen-bond donors (Lipinski definition) is 1. The number of ketones is 1. The second-order valence-electron chi connectivity index (χ2n) is 5.78. The lowest BCUT2D eigenvalue weighted by Crippen LogP contribution is -2.21. The van der Waals surface area contributed by atoms with E-state index in [9.17, 15) is 9.59 Å². The molecule has 0 aliphatic rings. The van der Waals surface area contributed by atoms with E-state index in [2.05, 4.69) is 5.32 Å². The largest absolute Gasteiger partial charge is 0.497 e. The minimum Gasteiger partial charge on any atom is -0.497 e. The van der Waals surface area contributed by atoms with Gasteiger partial charge in [0.25, 0.3) is 5.91 Å². The highest BCUT2D eigenvalue weighted by Gasteiger charge is 2.14. The molecular weight excluding hydrogens is 362 g/mol. The lowest BCUT2D eigenvalue weighted by molar-refractivity contribution is -0.118. The van der Waals surface area contributed by atoms with Crippen molar-refractivity contribution in [2.75, 3.05) is 32.2 Å². The number of amides is 1. The molecule has 28 heavy (non-hydrogen) atoms. The molecule has 0 saturated carbocycles. The maximum absolute atomic E-state index is 12.4. The van der Waals surface area contributed by atoms with Gasteiger partial charge in [0.2, 0.25) is 0 Å². The van der Waals surface area contributed by atoms with Gasteiger partial charge in [-0.15, -0.1) is 0 Å². The predicted molar refractivity (Wildman–Crippen MR) is 106 cm³/mol. The van der Waals surface area contributed by atoms with Crippen molar-refractivity contribution >= 4 is 17.4 Å². The molecule has 0 atom stereocenters. The Kier molecular flexibility index (Phi) is 7.68. The van der Waals surface area contributed by atoms with Crippen LogP contribution in [0.2, 0.25) is 0 Å². The third-order valence-corrected chi connectivity index (χ3v) is 3.76. The van der Waals surface area contributed by atoms with Crippen LogP contribution in [0.5, 0.6) is 23.0 Å². The van der Waals surface area contributed by atoms with Crippen LogP contribution >= 0.6 is 0 Å². The lowest BCUT2D eigenvalue weighted by Gasteiger charge is -2.15. The van der Waals surface area contributed by atoms with Crippen LogP contribution in [-0.2, 0) is 4.79 Å². The highest BCUT2D eigenvalue weighted by molar-refractivity contribution is 5.97. The first kappa shape index (κ1) is 21.1. The Balaban J connectivity index is 2.12. The number of nitrogens with one attached hydrogen (secondary N) is 1. The smallest absolute Gasteiger partial charge is 0.262 e. The summed E-state index contributed by atoms with van der Waals surface area (Å²) in [7, 11) is 1.51. The Labute approximate surface area is 164 Å². The van der Waals surface area contributed by atoms with Crippen LogP contribution in [0, 0.1) is 0 Å². The van der Waals surface area contributed by atoms with Gasteiger partial charge in [-0.05, 0) is 45.0 Å². The molecule has 2 aromatic rings. The van der Waals surface area contributed by atoms with Crippen LogP contribution in [0.3, 0.4) is 0 Å². The first-order valence-corrected chi connectivity index (χ1v) is 8.99. The fourth-order valence-corrected chi connectivity index (χ4v) is 2.51. The highest BCUT2D eigenvalue weighted by Crippen LogP contribution is 2.30. The van der Waals surface area contributed by atoms with E-state index >= 15 is 0 Å². The van der Waals surface area contributed by atoms with Gasteiger partial charge in [-0.3, -0.25) is 9.59 Å². The summed E-state index contributed by atoms with van der Waals surface area (Å²) < 4.78 is 21.7. The van der Waals surface area contributed by atoms with E-state index in [-0.39, 0.29) is 18.1 Å². The zero-order valence-electron chi connectivity index (χ0n) is 16.5. The number of Topliss-reactive ketones (excluding diaryl/α,β-unsaturated/α-hetero) is 1. The van der Waals surface area contributed by atoms with Crippen molar-refractivity contribution in [2.24, 2.45) is 0 Å². The van der Waals surface area contributed by atoms with Gasteiger partial charge >= 0.3 is 0 Å². The fraction of sp³-hybridized carbons (Fsp3) is 0.333. The molecule has 1 N–H and O–H groups in total. The molecule has 0 aliphatic heterocycles. The molecule has 0 aliphatic carbocycles. The summed E-state index contributed by atoms with van der Waals surface area (Å²) in [6.07, 6.45) is 0.